The Kier molecular flexibility index (Phi) is 13.8. The molecule has 0 fully saturated rings. The van der Waals surface area contributed by atoms with Crippen LogP contribution in [0.25, 0.3) is 10.9 Å². The number of amides is 1. The number of pyridine rings is 1. The average molecular weight is 643 g/mol. The number of carbonyl (C=O) groups excluding carboxylic acids is 1. The van der Waals surface area contributed by atoms with Gasteiger partial charge in [-0.05, 0) is 68.1 Å². The number of benzene rings is 2. The highest BCUT2D eigenvalue weighted by Gasteiger charge is 2.32. The first kappa shape index (κ1) is 36.7. The summed E-state index contributed by atoms with van der Waals surface area (Å²) in [5, 5.41) is 76.9. The van der Waals surface area contributed by atoms with E-state index in [1.54, 1.807) is 49.5 Å². The molecule has 0 saturated carbocycles. The highest BCUT2D eigenvalue weighted by molar-refractivity contribution is 5.98. The number of hydrogen-bond acceptors (Lipinski definition) is 12. The van der Waals surface area contributed by atoms with Crippen molar-refractivity contribution >= 4 is 28.5 Å². The molecule has 1 heterocycles. The minimum atomic E-state index is -1.46. The molecule has 1 amide bonds. The van der Waals surface area contributed by atoms with Gasteiger partial charge in [0, 0.05) is 23.3 Å². The van der Waals surface area contributed by atoms with E-state index in [0.717, 1.165) is 16.5 Å². The summed E-state index contributed by atoms with van der Waals surface area (Å²) in [5.41, 5.74) is 1.94. The van der Waals surface area contributed by atoms with E-state index >= 15 is 0 Å². The van der Waals surface area contributed by atoms with Gasteiger partial charge < -0.3 is 36.0 Å². The van der Waals surface area contributed by atoms with Gasteiger partial charge >= 0.3 is 5.97 Å². The molecule has 0 aliphatic heterocycles. The van der Waals surface area contributed by atoms with Crippen molar-refractivity contribution in [3.8, 4) is 5.75 Å². The van der Waals surface area contributed by atoms with Gasteiger partial charge in [-0.2, -0.15) is 0 Å². The van der Waals surface area contributed by atoms with Crippen molar-refractivity contribution in [2.24, 2.45) is 5.92 Å². The SMILES string of the molecule is CC(O)NC(Cc1ccc(O)cc1)C(O)NC(C(C)C)C(O)NC(C)C(O)NC(CC(=O)O)C(=O)Nc1ccc2ncccc2c1. The summed E-state index contributed by atoms with van der Waals surface area (Å²) < 4.78 is 0. The molecule has 0 spiro atoms. The molecule has 1 aromatic heterocycles. The van der Waals surface area contributed by atoms with Gasteiger partial charge in [-0.3, -0.25) is 35.8 Å². The number of nitrogens with one attached hydrogen (secondary N) is 5. The van der Waals surface area contributed by atoms with Crippen LogP contribution in [0.15, 0.2) is 60.8 Å². The highest BCUT2D eigenvalue weighted by atomic mass is 16.4. The Bertz CT molecular complexity index is 1410. The zero-order chi connectivity index (χ0) is 34.0. The fraction of sp³-hybridized carbons (Fsp3) is 0.469. The number of phenols is 1. The average Bonchev–Trinajstić information content (AvgIpc) is 2.99. The van der Waals surface area contributed by atoms with Crippen LogP contribution in [0.4, 0.5) is 5.69 Å². The van der Waals surface area contributed by atoms with Crippen LogP contribution in [0.5, 0.6) is 5.75 Å². The summed E-state index contributed by atoms with van der Waals surface area (Å²) in [6.45, 7) is 6.70. The van der Waals surface area contributed by atoms with Gasteiger partial charge in [0.1, 0.15) is 30.7 Å². The van der Waals surface area contributed by atoms with E-state index in [0.29, 0.717) is 5.69 Å². The van der Waals surface area contributed by atoms with Gasteiger partial charge in [0.25, 0.3) is 0 Å². The molecule has 0 aliphatic rings. The monoisotopic (exact) mass is 642 g/mol. The molecule has 46 heavy (non-hydrogen) atoms. The van der Waals surface area contributed by atoms with Gasteiger partial charge in [-0.1, -0.05) is 32.0 Å². The van der Waals surface area contributed by atoms with Crippen molar-refractivity contribution in [2.45, 2.75) is 89.6 Å². The van der Waals surface area contributed by atoms with Crippen LogP contribution in [-0.4, -0.2) is 96.6 Å². The molecular formula is C32H46N6O8. The Hall–Kier alpha value is -3.73. The van der Waals surface area contributed by atoms with E-state index in [9.17, 15) is 40.2 Å². The number of fused-ring (bicyclic) bond motifs is 1. The number of carboxylic acids is 1. The van der Waals surface area contributed by atoms with Crippen LogP contribution in [0.3, 0.4) is 0 Å². The number of carbonyl (C=O) groups is 2. The van der Waals surface area contributed by atoms with Gasteiger partial charge in [-0.25, -0.2) is 0 Å². The molecular weight excluding hydrogens is 596 g/mol. The molecule has 8 atom stereocenters. The number of rotatable bonds is 18. The van der Waals surface area contributed by atoms with Crippen molar-refractivity contribution in [3.05, 3.63) is 66.4 Å². The topological polar surface area (TPSA) is 229 Å². The molecule has 252 valence electrons. The number of phenolic OH excluding ortho intramolecular Hbond substituents is 1. The minimum absolute atomic E-state index is 0.0972. The molecule has 0 saturated heterocycles. The van der Waals surface area contributed by atoms with Gasteiger partial charge in [-0.15, -0.1) is 0 Å². The summed E-state index contributed by atoms with van der Waals surface area (Å²) in [6, 6.07) is 11.5. The van der Waals surface area contributed by atoms with E-state index in [-0.39, 0.29) is 18.1 Å². The number of hydrogen-bond donors (Lipinski definition) is 11. The van der Waals surface area contributed by atoms with Crippen molar-refractivity contribution in [3.63, 3.8) is 0 Å². The predicted octanol–water partition coefficient (Wildman–Crippen LogP) is 0.399. The van der Waals surface area contributed by atoms with Crippen molar-refractivity contribution < 1.29 is 40.2 Å². The van der Waals surface area contributed by atoms with Crippen LogP contribution < -0.4 is 26.6 Å². The minimum Gasteiger partial charge on any atom is -0.508 e. The van der Waals surface area contributed by atoms with Gasteiger partial charge in [0.15, 0.2) is 0 Å². The van der Waals surface area contributed by atoms with Crippen LogP contribution >= 0.6 is 0 Å². The lowest BCUT2D eigenvalue weighted by Gasteiger charge is -2.36. The Morgan fingerprint density at radius 2 is 1.52 bits per heavy atom. The fourth-order valence-corrected chi connectivity index (χ4v) is 5.02. The van der Waals surface area contributed by atoms with Crippen molar-refractivity contribution in [1.82, 2.24) is 26.3 Å². The van der Waals surface area contributed by atoms with E-state index in [4.69, 9.17) is 0 Å². The molecule has 8 unspecified atom stereocenters. The Morgan fingerprint density at radius 1 is 0.826 bits per heavy atom. The Balaban J connectivity index is 1.64. The van der Waals surface area contributed by atoms with E-state index in [1.165, 1.54) is 19.1 Å². The molecule has 14 heteroatoms. The molecule has 3 rings (SSSR count). The standard InChI is InChI=1S/C32H46N6O8/c1-17(2)28(38-31(45)25(35-19(4)39)14-20-7-10-23(40)11-8-20)32(46)34-18(3)29(43)37-26(16-27(41)42)30(44)36-22-9-12-24-21(15-22)6-5-13-33-24/h5-13,15,17-19,25-26,28-29,31-32,34-35,37-40,43,45-46H,14,16H2,1-4H3,(H,36,44)(H,41,42). The van der Waals surface area contributed by atoms with Gasteiger partial charge in [0.2, 0.25) is 5.91 Å². The lowest BCUT2D eigenvalue weighted by molar-refractivity contribution is -0.139. The number of aliphatic carboxylic acids is 1. The smallest absolute Gasteiger partial charge is 0.305 e. The Morgan fingerprint density at radius 3 is 2.15 bits per heavy atom. The van der Waals surface area contributed by atoms with E-state index < -0.39 is 67.4 Å². The number of aromatic nitrogens is 1. The third-order valence-corrected chi connectivity index (χ3v) is 7.49. The largest absolute Gasteiger partial charge is 0.508 e. The zero-order valence-electron chi connectivity index (χ0n) is 26.3. The van der Waals surface area contributed by atoms with Gasteiger partial charge in [0.05, 0.1) is 30.1 Å². The molecule has 3 aromatic rings. The van der Waals surface area contributed by atoms with E-state index in [2.05, 4.69) is 31.6 Å². The maximum atomic E-state index is 13.1. The van der Waals surface area contributed by atoms with E-state index in [1.807, 2.05) is 19.9 Å². The number of anilines is 1. The molecule has 0 bridgehead atoms. The first-order valence-corrected chi connectivity index (χ1v) is 15.1. The highest BCUT2D eigenvalue weighted by Crippen LogP contribution is 2.18. The third-order valence-electron chi connectivity index (χ3n) is 7.49. The number of aliphatic hydroxyl groups is 4. The number of aromatic hydroxyl groups is 1. The second-order valence-electron chi connectivity index (χ2n) is 11.8. The summed E-state index contributed by atoms with van der Waals surface area (Å²) >= 11 is 0. The number of aliphatic hydroxyl groups excluding tert-OH is 4. The fourth-order valence-electron chi connectivity index (χ4n) is 5.02. The summed E-state index contributed by atoms with van der Waals surface area (Å²) in [7, 11) is 0. The molecule has 11 N–H and O–H groups in total. The van der Waals surface area contributed by atoms with Crippen LogP contribution in [0.2, 0.25) is 0 Å². The lowest BCUT2D eigenvalue weighted by atomic mass is 9.99. The quantitative estimate of drug-likeness (QED) is 0.0846. The number of carboxylic acid groups (broad SMARTS) is 1. The Labute approximate surface area is 267 Å². The van der Waals surface area contributed by atoms with Crippen LogP contribution in [-0.2, 0) is 16.0 Å². The van der Waals surface area contributed by atoms with Crippen molar-refractivity contribution in [2.75, 3.05) is 5.32 Å². The summed E-state index contributed by atoms with van der Waals surface area (Å²) in [4.78, 5) is 28.9. The van der Waals surface area contributed by atoms with Crippen LogP contribution in [0.1, 0.15) is 39.7 Å². The number of nitrogens with zero attached hydrogens (tertiary/aromatic N) is 1. The third kappa shape index (κ3) is 11.3. The zero-order valence-corrected chi connectivity index (χ0v) is 26.3. The molecule has 0 aliphatic carbocycles. The molecule has 0 radical (unpaired) electrons. The summed E-state index contributed by atoms with van der Waals surface area (Å²) in [5.74, 6) is -2.06. The first-order valence-electron chi connectivity index (χ1n) is 15.1. The lowest BCUT2D eigenvalue weighted by Crippen LogP contribution is -2.63. The summed E-state index contributed by atoms with van der Waals surface area (Å²) in [6.07, 6.45) is -3.63. The van der Waals surface area contributed by atoms with Crippen molar-refractivity contribution in [1.29, 1.82) is 0 Å². The first-order chi connectivity index (χ1) is 21.7. The maximum Gasteiger partial charge on any atom is 0.305 e. The second kappa shape index (κ2) is 17.3. The molecule has 14 nitrogen and oxygen atoms in total. The normalized spacial score (nSPS) is 17.1. The molecule has 2 aromatic carbocycles. The predicted molar refractivity (Wildman–Crippen MR) is 172 cm³/mol. The maximum absolute atomic E-state index is 13.1. The second-order valence-corrected chi connectivity index (χ2v) is 11.8. The van der Waals surface area contributed by atoms with Crippen LogP contribution in [0, 0.1) is 5.92 Å².